The highest BCUT2D eigenvalue weighted by Crippen LogP contribution is 2.21. The Labute approximate surface area is 135 Å². The summed E-state index contributed by atoms with van der Waals surface area (Å²) in [5.41, 5.74) is 0.525. The van der Waals surface area contributed by atoms with Crippen LogP contribution in [-0.4, -0.2) is 66.6 Å². The molecule has 21 heavy (non-hydrogen) atoms. The maximum absolute atomic E-state index is 12.3. The van der Waals surface area contributed by atoms with E-state index >= 15 is 0 Å². The standard InChI is InChI=1S/C15H20Cl2N2O2/c16-12-2-3-13(14(17)10-12)15(21)11-19-5-1-4-18(6-7-19)8-9-20/h2-3,10,20H,1,4-9,11H2. The molecular formula is C15H20Cl2N2O2. The molecule has 0 spiro atoms. The van der Waals surface area contributed by atoms with Gasteiger partial charge in [0, 0.05) is 30.2 Å². The van der Waals surface area contributed by atoms with E-state index in [1.807, 2.05) is 0 Å². The van der Waals surface area contributed by atoms with E-state index in [4.69, 9.17) is 28.3 Å². The molecule has 1 N–H and O–H groups in total. The van der Waals surface area contributed by atoms with Gasteiger partial charge in [0.2, 0.25) is 0 Å². The Morgan fingerprint density at radius 1 is 1.14 bits per heavy atom. The first-order chi connectivity index (χ1) is 10.1. The summed E-state index contributed by atoms with van der Waals surface area (Å²) in [6.07, 6.45) is 1.00. The van der Waals surface area contributed by atoms with Crippen LogP contribution < -0.4 is 0 Å². The summed E-state index contributed by atoms with van der Waals surface area (Å²) in [5, 5.41) is 9.93. The quantitative estimate of drug-likeness (QED) is 0.840. The van der Waals surface area contributed by atoms with Crippen LogP contribution in [0.1, 0.15) is 16.8 Å². The smallest absolute Gasteiger partial charge is 0.178 e. The molecule has 1 aromatic carbocycles. The number of aliphatic hydroxyl groups excluding tert-OH is 1. The Morgan fingerprint density at radius 2 is 1.86 bits per heavy atom. The van der Waals surface area contributed by atoms with Gasteiger partial charge in [-0.1, -0.05) is 23.2 Å². The van der Waals surface area contributed by atoms with Gasteiger partial charge in [-0.05, 0) is 37.7 Å². The fourth-order valence-corrected chi connectivity index (χ4v) is 3.07. The van der Waals surface area contributed by atoms with Crippen molar-refractivity contribution in [3.05, 3.63) is 33.8 Å². The average molecular weight is 331 g/mol. The lowest BCUT2D eigenvalue weighted by molar-refractivity contribution is 0.0932. The largest absolute Gasteiger partial charge is 0.395 e. The summed E-state index contributed by atoms with van der Waals surface area (Å²) in [6.45, 7) is 4.81. The fourth-order valence-electron chi connectivity index (χ4n) is 2.55. The third-order valence-electron chi connectivity index (χ3n) is 3.70. The molecule has 1 heterocycles. The molecule has 116 valence electrons. The van der Waals surface area contributed by atoms with E-state index in [1.54, 1.807) is 18.2 Å². The second-order valence-electron chi connectivity index (χ2n) is 5.24. The van der Waals surface area contributed by atoms with Crippen LogP contribution in [0, 0.1) is 0 Å². The normalized spacial score (nSPS) is 17.7. The molecule has 1 aliphatic heterocycles. The van der Waals surface area contributed by atoms with Gasteiger partial charge in [-0.15, -0.1) is 0 Å². The molecule has 1 saturated heterocycles. The van der Waals surface area contributed by atoms with E-state index in [0.29, 0.717) is 28.7 Å². The third kappa shape index (κ3) is 4.94. The van der Waals surface area contributed by atoms with Gasteiger partial charge in [0.05, 0.1) is 18.2 Å². The van der Waals surface area contributed by atoms with E-state index in [2.05, 4.69) is 9.80 Å². The Morgan fingerprint density at radius 3 is 2.57 bits per heavy atom. The number of β-amino-alcohol motifs (C(OH)–C–C–N with tert-alkyl or cyclic N) is 1. The van der Waals surface area contributed by atoms with Crippen LogP contribution in [0.2, 0.25) is 10.0 Å². The van der Waals surface area contributed by atoms with Gasteiger partial charge < -0.3 is 5.11 Å². The van der Waals surface area contributed by atoms with Crippen LogP contribution >= 0.6 is 23.2 Å². The molecule has 0 amide bonds. The first-order valence-corrected chi connectivity index (χ1v) is 7.89. The number of Topliss-reactive ketones (excluding diaryl/α,β-unsaturated/α-hetero) is 1. The van der Waals surface area contributed by atoms with Crippen molar-refractivity contribution < 1.29 is 9.90 Å². The first-order valence-electron chi connectivity index (χ1n) is 7.14. The Bertz CT molecular complexity index is 497. The number of carbonyl (C=O) groups is 1. The van der Waals surface area contributed by atoms with Crippen molar-refractivity contribution in [3.63, 3.8) is 0 Å². The Balaban J connectivity index is 1.93. The molecule has 0 radical (unpaired) electrons. The molecule has 0 atom stereocenters. The minimum Gasteiger partial charge on any atom is -0.395 e. The van der Waals surface area contributed by atoms with Crippen LogP contribution in [0.3, 0.4) is 0 Å². The zero-order chi connectivity index (χ0) is 15.2. The molecule has 0 aromatic heterocycles. The summed E-state index contributed by atoms with van der Waals surface area (Å²) in [6, 6.07) is 4.97. The van der Waals surface area contributed by atoms with E-state index in [9.17, 15) is 4.79 Å². The highest BCUT2D eigenvalue weighted by Gasteiger charge is 2.18. The van der Waals surface area contributed by atoms with Gasteiger partial charge in [-0.3, -0.25) is 14.6 Å². The minimum absolute atomic E-state index is 0.0206. The summed E-state index contributed by atoms with van der Waals surface area (Å²) in [7, 11) is 0. The second-order valence-corrected chi connectivity index (χ2v) is 6.09. The lowest BCUT2D eigenvalue weighted by Gasteiger charge is -2.20. The fraction of sp³-hybridized carbons (Fsp3) is 0.533. The number of benzene rings is 1. The van der Waals surface area contributed by atoms with Crippen LogP contribution in [0.4, 0.5) is 0 Å². The molecule has 6 heteroatoms. The number of rotatable bonds is 5. The molecule has 0 bridgehead atoms. The number of hydrogen-bond donors (Lipinski definition) is 1. The monoisotopic (exact) mass is 330 g/mol. The molecule has 0 unspecified atom stereocenters. The summed E-state index contributed by atoms with van der Waals surface area (Å²) >= 11 is 11.9. The SMILES string of the molecule is O=C(CN1CCCN(CCO)CC1)c1ccc(Cl)cc1Cl. The lowest BCUT2D eigenvalue weighted by atomic mass is 10.1. The number of ketones is 1. The first kappa shape index (κ1) is 16.7. The number of nitrogens with zero attached hydrogens (tertiary/aromatic N) is 2. The average Bonchev–Trinajstić information content (AvgIpc) is 2.65. The minimum atomic E-state index is 0.0206. The zero-order valence-corrected chi connectivity index (χ0v) is 13.4. The van der Waals surface area contributed by atoms with Crippen molar-refractivity contribution in [2.45, 2.75) is 6.42 Å². The van der Waals surface area contributed by atoms with E-state index in [-0.39, 0.29) is 12.4 Å². The van der Waals surface area contributed by atoms with Gasteiger partial charge in [0.15, 0.2) is 5.78 Å². The van der Waals surface area contributed by atoms with Gasteiger partial charge in [-0.2, -0.15) is 0 Å². The summed E-state index contributed by atoms with van der Waals surface area (Å²) < 4.78 is 0. The predicted octanol–water partition coefficient (Wildman–Crippen LogP) is 2.18. The van der Waals surface area contributed by atoms with Gasteiger partial charge in [0.1, 0.15) is 0 Å². The second kappa shape index (κ2) is 8.11. The van der Waals surface area contributed by atoms with Crippen LogP contribution in [0.15, 0.2) is 18.2 Å². The summed E-state index contributed by atoms with van der Waals surface area (Å²) in [4.78, 5) is 16.7. The topological polar surface area (TPSA) is 43.8 Å². The molecule has 1 fully saturated rings. The van der Waals surface area contributed by atoms with Gasteiger partial charge in [-0.25, -0.2) is 0 Å². The van der Waals surface area contributed by atoms with E-state index in [0.717, 1.165) is 32.6 Å². The van der Waals surface area contributed by atoms with Crippen molar-refractivity contribution in [2.24, 2.45) is 0 Å². The summed E-state index contributed by atoms with van der Waals surface area (Å²) in [5.74, 6) is 0.0206. The van der Waals surface area contributed by atoms with E-state index < -0.39 is 0 Å². The van der Waals surface area contributed by atoms with Crippen molar-refractivity contribution in [1.82, 2.24) is 9.80 Å². The molecular weight excluding hydrogens is 311 g/mol. The number of hydrogen-bond acceptors (Lipinski definition) is 4. The maximum Gasteiger partial charge on any atom is 0.178 e. The highest BCUT2D eigenvalue weighted by molar-refractivity contribution is 6.36. The van der Waals surface area contributed by atoms with Crippen molar-refractivity contribution in [3.8, 4) is 0 Å². The third-order valence-corrected chi connectivity index (χ3v) is 4.24. The number of halogens is 2. The Kier molecular flexibility index (Phi) is 6.45. The molecule has 1 aromatic rings. The predicted molar refractivity (Wildman–Crippen MR) is 85.4 cm³/mol. The molecule has 0 saturated carbocycles. The van der Waals surface area contributed by atoms with Crippen molar-refractivity contribution in [1.29, 1.82) is 0 Å². The molecule has 4 nitrogen and oxygen atoms in total. The van der Waals surface area contributed by atoms with Gasteiger partial charge >= 0.3 is 0 Å². The molecule has 0 aliphatic carbocycles. The highest BCUT2D eigenvalue weighted by atomic mass is 35.5. The van der Waals surface area contributed by atoms with Crippen molar-refractivity contribution >= 4 is 29.0 Å². The van der Waals surface area contributed by atoms with Crippen LogP contribution in [-0.2, 0) is 0 Å². The van der Waals surface area contributed by atoms with Crippen molar-refractivity contribution in [2.75, 3.05) is 45.9 Å². The Hall–Kier alpha value is -0.650. The lowest BCUT2D eigenvalue weighted by Crippen LogP contribution is -2.35. The van der Waals surface area contributed by atoms with Gasteiger partial charge in [0.25, 0.3) is 0 Å². The van der Waals surface area contributed by atoms with E-state index in [1.165, 1.54) is 0 Å². The zero-order valence-electron chi connectivity index (χ0n) is 11.9. The molecule has 1 aliphatic rings. The number of aliphatic hydroxyl groups is 1. The number of carbonyl (C=O) groups excluding carboxylic acids is 1. The van der Waals surface area contributed by atoms with Crippen LogP contribution in [0.5, 0.6) is 0 Å². The maximum atomic E-state index is 12.3. The molecule has 2 rings (SSSR count). The van der Waals surface area contributed by atoms with Crippen LogP contribution in [0.25, 0.3) is 0 Å².